The molecule has 1 saturated heterocycles. The first-order chi connectivity index (χ1) is 9.24. The molecule has 1 aliphatic rings. The van der Waals surface area contributed by atoms with Crippen LogP contribution in [0.2, 0.25) is 0 Å². The van der Waals surface area contributed by atoms with Crippen LogP contribution in [0.5, 0.6) is 0 Å². The van der Waals surface area contributed by atoms with E-state index >= 15 is 0 Å². The van der Waals surface area contributed by atoms with Crippen molar-refractivity contribution >= 4 is 5.91 Å². The SMILES string of the molecule is NCc1ccc(C(=O)N2CCC(OCCO)CC2)o1. The molecule has 0 spiro atoms. The molecule has 1 aromatic heterocycles. The van der Waals surface area contributed by atoms with Gasteiger partial charge in [-0.15, -0.1) is 0 Å². The van der Waals surface area contributed by atoms with Crippen LogP contribution < -0.4 is 5.73 Å². The van der Waals surface area contributed by atoms with Gasteiger partial charge in [-0.3, -0.25) is 4.79 Å². The standard InChI is InChI=1S/C13H20N2O4/c14-9-11-1-2-12(19-11)13(17)15-5-3-10(4-6-15)18-8-7-16/h1-2,10,16H,3-9,14H2. The number of hydrogen-bond acceptors (Lipinski definition) is 5. The van der Waals surface area contributed by atoms with Crippen LogP contribution in [0, 0.1) is 0 Å². The van der Waals surface area contributed by atoms with Crippen molar-refractivity contribution in [2.24, 2.45) is 5.73 Å². The third-order valence-corrected chi connectivity index (χ3v) is 3.25. The van der Waals surface area contributed by atoms with Gasteiger partial charge in [0.05, 0.1) is 25.9 Å². The molecule has 0 aliphatic carbocycles. The number of aliphatic hydroxyl groups excluding tert-OH is 1. The number of furan rings is 1. The van der Waals surface area contributed by atoms with Gasteiger partial charge in [-0.25, -0.2) is 0 Å². The molecule has 1 aliphatic heterocycles. The summed E-state index contributed by atoms with van der Waals surface area (Å²) in [6.45, 7) is 1.98. The van der Waals surface area contributed by atoms with Crippen LogP contribution in [0.25, 0.3) is 0 Å². The molecule has 19 heavy (non-hydrogen) atoms. The van der Waals surface area contributed by atoms with Crippen molar-refractivity contribution in [3.05, 3.63) is 23.7 Å². The van der Waals surface area contributed by atoms with Crippen LogP contribution in [0.3, 0.4) is 0 Å². The number of carbonyl (C=O) groups is 1. The zero-order valence-electron chi connectivity index (χ0n) is 10.9. The van der Waals surface area contributed by atoms with Crippen molar-refractivity contribution in [3.63, 3.8) is 0 Å². The second kappa shape index (κ2) is 6.70. The third-order valence-electron chi connectivity index (χ3n) is 3.25. The van der Waals surface area contributed by atoms with Gasteiger partial charge in [0.25, 0.3) is 5.91 Å². The molecule has 6 heteroatoms. The number of nitrogens with zero attached hydrogens (tertiary/aromatic N) is 1. The monoisotopic (exact) mass is 268 g/mol. The molecule has 2 heterocycles. The van der Waals surface area contributed by atoms with Crippen molar-refractivity contribution in [3.8, 4) is 0 Å². The lowest BCUT2D eigenvalue weighted by Crippen LogP contribution is -2.41. The summed E-state index contributed by atoms with van der Waals surface area (Å²) in [5.74, 6) is 0.861. The molecule has 0 radical (unpaired) electrons. The van der Waals surface area contributed by atoms with Gasteiger partial charge in [-0.1, -0.05) is 0 Å². The number of rotatable bonds is 5. The molecule has 0 saturated carbocycles. The first-order valence-electron chi connectivity index (χ1n) is 6.55. The Morgan fingerprint density at radius 2 is 2.21 bits per heavy atom. The average Bonchev–Trinajstić information content (AvgIpc) is 2.94. The molecule has 6 nitrogen and oxygen atoms in total. The summed E-state index contributed by atoms with van der Waals surface area (Å²) in [4.78, 5) is 13.9. The quantitative estimate of drug-likeness (QED) is 0.804. The van der Waals surface area contributed by atoms with E-state index in [1.165, 1.54) is 0 Å². The average molecular weight is 268 g/mol. The first-order valence-corrected chi connectivity index (χ1v) is 6.55. The van der Waals surface area contributed by atoms with Crippen LogP contribution in [-0.4, -0.2) is 48.3 Å². The van der Waals surface area contributed by atoms with Crippen molar-refractivity contribution in [2.45, 2.75) is 25.5 Å². The maximum Gasteiger partial charge on any atom is 0.289 e. The molecule has 0 bridgehead atoms. The predicted molar refractivity (Wildman–Crippen MR) is 68.6 cm³/mol. The molecule has 1 amide bonds. The largest absolute Gasteiger partial charge is 0.455 e. The second-order valence-electron chi connectivity index (χ2n) is 4.56. The van der Waals surface area contributed by atoms with Crippen LogP contribution in [0.1, 0.15) is 29.2 Å². The summed E-state index contributed by atoms with van der Waals surface area (Å²) in [5.41, 5.74) is 5.45. The Bertz CT molecular complexity index is 411. The van der Waals surface area contributed by atoms with E-state index in [0.29, 0.717) is 37.8 Å². The Morgan fingerprint density at radius 3 is 2.79 bits per heavy atom. The Morgan fingerprint density at radius 1 is 1.47 bits per heavy atom. The number of piperidine rings is 1. The maximum absolute atomic E-state index is 12.2. The summed E-state index contributed by atoms with van der Waals surface area (Å²) in [6, 6.07) is 3.39. The molecular weight excluding hydrogens is 248 g/mol. The van der Waals surface area contributed by atoms with Crippen molar-refractivity contribution in [1.82, 2.24) is 4.90 Å². The van der Waals surface area contributed by atoms with Gasteiger partial charge in [-0.05, 0) is 25.0 Å². The lowest BCUT2D eigenvalue weighted by atomic mass is 10.1. The summed E-state index contributed by atoms with van der Waals surface area (Å²) in [5, 5.41) is 8.70. The van der Waals surface area contributed by atoms with Crippen molar-refractivity contribution < 1.29 is 19.1 Å². The fraction of sp³-hybridized carbons (Fsp3) is 0.615. The Labute approximate surface area is 112 Å². The highest BCUT2D eigenvalue weighted by Crippen LogP contribution is 2.17. The Hall–Kier alpha value is -1.37. The summed E-state index contributed by atoms with van der Waals surface area (Å²) < 4.78 is 10.8. The number of aliphatic hydroxyl groups is 1. The minimum atomic E-state index is -0.0969. The number of hydrogen-bond donors (Lipinski definition) is 2. The molecular formula is C13H20N2O4. The number of amides is 1. The number of likely N-dealkylation sites (tertiary alicyclic amines) is 1. The number of nitrogens with two attached hydrogens (primary N) is 1. The zero-order valence-corrected chi connectivity index (χ0v) is 10.9. The van der Waals surface area contributed by atoms with E-state index in [9.17, 15) is 4.79 Å². The van der Waals surface area contributed by atoms with Crippen LogP contribution in [0.15, 0.2) is 16.5 Å². The van der Waals surface area contributed by atoms with E-state index in [1.807, 2.05) is 0 Å². The summed E-state index contributed by atoms with van der Waals surface area (Å²) >= 11 is 0. The number of carbonyl (C=O) groups excluding carboxylic acids is 1. The van der Waals surface area contributed by atoms with Gasteiger partial charge in [0, 0.05) is 13.1 Å². The topological polar surface area (TPSA) is 88.9 Å². The summed E-state index contributed by atoms with van der Waals surface area (Å²) in [6.07, 6.45) is 1.71. The van der Waals surface area contributed by atoms with Crippen molar-refractivity contribution in [1.29, 1.82) is 0 Å². The normalized spacial score (nSPS) is 16.8. The fourth-order valence-corrected chi connectivity index (χ4v) is 2.20. The molecule has 3 N–H and O–H groups in total. The smallest absolute Gasteiger partial charge is 0.289 e. The lowest BCUT2D eigenvalue weighted by Gasteiger charge is -2.31. The second-order valence-corrected chi connectivity index (χ2v) is 4.56. The van der Waals surface area contributed by atoms with E-state index in [4.69, 9.17) is 20.0 Å². The van der Waals surface area contributed by atoms with Gasteiger partial charge in [0.15, 0.2) is 5.76 Å². The molecule has 0 aromatic carbocycles. The molecule has 2 rings (SSSR count). The van der Waals surface area contributed by atoms with Gasteiger partial charge < -0.3 is 24.9 Å². The summed E-state index contributed by atoms with van der Waals surface area (Å²) in [7, 11) is 0. The highest BCUT2D eigenvalue weighted by Gasteiger charge is 2.25. The maximum atomic E-state index is 12.2. The molecule has 0 atom stereocenters. The zero-order chi connectivity index (χ0) is 13.7. The van der Waals surface area contributed by atoms with Gasteiger partial charge in [-0.2, -0.15) is 0 Å². The highest BCUT2D eigenvalue weighted by molar-refractivity contribution is 5.91. The van der Waals surface area contributed by atoms with Crippen molar-refractivity contribution in [2.75, 3.05) is 26.3 Å². The predicted octanol–water partition coefficient (Wildman–Crippen LogP) is 0.352. The Kier molecular flexibility index (Phi) is 4.95. The van der Waals surface area contributed by atoms with Gasteiger partial charge in [0.1, 0.15) is 5.76 Å². The molecule has 1 fully saturated rings. The molecule has 106 valence electrons. The Balaban J connectivity index is 1.85. The highest BCUT2D eigenvalue weighted by atomic mass is 16.5. The minimum absolute atomic E-state index is 0.0351. The number of ether oxygens (including phenoxy) is 1. The minimum Gasteiger partial charge on any atom is -0.455 e. The third kappa shape index (κ3) is 3.56. The fourth-order valence-electron chi connectivity index (χ4n) is 2.20. The van der Waals surface area contributed by atoms with Gasteiger partial charge in [0.2, 0.25) is 0 Å². The van der Waals surface area contributed by atoms with E-state index in [0.717, 1.165) is 12.8 Å². The van der Waals surface area contributed by atoms with E-state index in [1.54, 1.807) is 17.0 Å². The lowest BCUT2D eigenvalue weighted by molar-refractivity contribution is -0.00610. The van der Waals surface area contributed by atoms with E-state index in [2.05, 4.69) is 0 Å². The van der Waals surface area contributed by atoms with E-state index < -0.39 is 0 Å². The first kappa shape index (κ1) is 14.0. The molecule has 0 unspecified atom stereocenters. The van der Waals surface area contributed by atoms with Crippen LogP contribution in [-0.2, 0) is 11.3 Å². The van der Waals surface area contributed by atoms with Crippen LogP contribution in [0.4, 0.5) is 0 Å². The van der Waals surface area contributed by atoms with E-state index in [-0.39, 0.29) is 18.6 Å². The van der Waals surface area contributed by atoms with Gasteiger partial charge >= 0.3 is 0 Å². The van der Waals surface area contributed by atoms with Crippen LogP contribution >= 0.6 is 0 Å². The molecule has 1 aromatic rings.